The van der Waals surface area contributed by atoms with Crippen molar-refractivity contribution in [2.45, 2.75) is 66.4 Å². The Hall–Kier alpha value is -0.900. The summed E-state index contributed by atoms with van der Waals surface area (Å²) < 4.78 is 16.1. The zero-order chi connectivity index (χ0) is 18.2. The molecule has 1 atom stereocenters. The van der Waals surface area contributed by atoms with Crippen molar-refractivity contribution in [1.29, 1.82) is 0 Å². The molecule has 140 valence electrons. The fraction of sp³-hybridized carbons (Fsp3) is 0.714. The quantitative estimate of drug-likeness (QED) is 0.310. The van der Waals surface area contributed by atoms with Gasteiger partial charge in [0.1, 0.15) is 0 Å². The summed E-state index contributed by atoms with van der Waals surface area (Å²) in [5, 5.41) is 0. The number of allylic oxidation sites excluding steroid dienone is 5. The highest BCUT2D eigenvalue weighted by molar-refractivity contribution is 5.05. The smallest absolute Gasteiger partial charge is 0.0776 e. The van der Waals surface area contributed by atoms with Gasteiger partial charge in [-0.05, 0) is 60.3 Å². The second-order valence-electron chi connectivity index (χ2n) is 6.66. The molecular weight excluding hydrogens is 300 g/mol. The van der Waals surface area contributed by atoms with Crippen LogP contribution < -0.4 is 0 Å². The van der Waals surface area contributed by atoms with Crippen molar-refractivity contribution in [3.8, 4) is 0 Å². The van der Waals surface area contributed by atoms with Gasteiger partial charge in [-0.3, -0.25) is 0 Å². The Labute approximate surface area is 149 Å². The summed E-state index contributed by atoms with van der Waals surface area (Å²) in [6, 6.07) is 0. The van der Waals surface area contributed by atoms with Gasteiger partial charge in [0.15, 0.2) is 0 Å². The Morgan fingerprint density at radius 3 is 2.04 bits per heavy atom. The minimum Gasteiger partial charge on any atom is -0.379 e. The Kier molecular flexibility index (Phi) is 15.0. The minimum atomic E-state index is 0.144. The van der Waals surface area contributed by atoms with Gasteiger partial charge in [0.05, 0.1) is 32.5 Å². The third-order valence-electron chi connectivity index (χ3n) is 3.80. The molecule has 0 spiro atoms. The second kappa shape index (κ2) is 15.6. The molecule has 0 N–H and O–H groups in total. The molecule has 0 bridgehead atoms. The summed E-state index contributed by atoms with van der Waals surface area (Å²) in [5.74, 6) is 0. The van der Waals surface area contributed by atoms with Crippen LogP contribution in [-0.4, -0.2) is 39.6 Å². The van der Waals surface area contributed by atoms with Crippen LogP contribution in [0.1, 0.15) is 60.3 Å². The van der Waals surface area contributed by atoms with Crippen molar-refractivity contribution in [1.82, 2.24) is 0 Å². The molecule has 0 aromatic carbocycles. The number of methoxy groups -OCH3 is 1. The Bertz CT molecular complexity index is 390. The average molecular weight is 339 g/mol. The van der Waals surface area contributed by atoms with Crippen molar-refractivity contribution >= 4 is 0 Å². The number of hydrogen-bond donors (Lipinski definition) is 0. The molecule has 1 unspecified atom stereocenters. The first-order valence-corrected chi connectivity index (χ1v) is 9.08. The van der Waals surface area contributed by atoms with Gasteiger partial charge in [-0.15, -0.1) is 0 Å². The van der Waals surface area contributed by atoms with Gasteiger partial charge >= 0.3 is 0 Å². The maximum absolute atomic E-state index is 5.56. The summed E-state index contributed by atoms with van der Waals surface area (Å²) in [5.41, 5.74) is 4.27. The SMILES string of the molecule is COC(C)COCCOC/C=C(\C)CC/C=C(\C)CCC=C(C)C. The van der Waals surface area contributed by atoms with Crippen LogP contribution >= 0.6 is 0 Å². The number of rotatable bonds is 14. The van der Waals surface area contributed by atoms with Crippen LogP contribution in [0, 0.1) is 0 Å². The Morgan fingerprint density at radius 2 is 1.42 bits per heavy atom. The lowest BCUT2D eigenvalue weighted by Gasteiger charge is -2.09. The molecule has 0 saturated carbocycles. The molecule has 0 aromatic rings. The Balaban J connectivity index is 3.67. The molecule has 0 radical (unpaired) electrons. The van der Waals surface area contributed by atoms with E-state index in [1.54, 1.807) is 7.11 Å². The van der Waals surface area contributed by atoms with E-state index in [4.69, 9.17) is 14.2 Å². The first-order valence-electron chi connectivity index (χ1n) is 9.08. The Morgan fingerprint density at radius 1 is 0.833 bits per heavy atom. The lowest BCUT2D eigenvalue weighted by Crippen LogP contribution is -2.16. The summed E-state index contributed by atoms with van der Waals surface area (Å²) in [6.07, 6.45) is 11.5. The summed E-state index contributed by atoms with van der Waals surface area (Å²) >= 11 is 0. The van der Waals surface area contributed by atoms with Crippen molar-refractivity contribution < 1.29 is 14.2 Å². The first kappa shape index (κ1) is 23.1. The molecule has 0 aliphatic carbocycles. The maximum atomic E-state index is 5.56. The van der Waals surface area contributed by atoms with Crippen molar-refractivity contribution in [2.24, 2.45) is 0 Å². The van der Waals surface area contributed by atoms with Gasteiger partial charge < -0.3 is 14.2 Å². The van der Waals surface area contributed by atoms with Crippen molar-refractivity contribution in [3.05, 3.63) is 34.9 Å². The molecule has 0 saturated heterocycles. The van der Waals surface area contributed by atoms with Crippen LogP contribution in [0.25, 0.3) is 0 Å². The number of hydrogen-bond acceptors (Lipinski definition) is 3. The molecule has 0 fully saturated rings. The van der Waals surface area contributed by atoms with E-state index in [9.17, 15) is 0 Å². The van der Waals surface area contributed by atoms with Crippen LogP contribution in [0.3, 0.4) is 0 Å². The molecule has 0 amide bonds. The third kappa shape index (κ3) is 16.0. The fourth-order valence-electron chi connectivity index (χ4n) is 2.06. The average Bonchev–Trinajstić information content (AvgIpc) is 2.53. The highest BCUT2D eigenvalue weighted by Gasteiger charge is 1.98. The van der Waals surface area contributed by atoms with Gasteiger partial charge in [0.2, 0.25) is 0 Å². The molecule has 0 heterocycles. The predicted molar refractivity (Wildman–Crippen MR) is 104 cm³/mol. The summed E-state index contributed by atoms with van der Waals surface area (Å²) in [4.78, 5) is 0. The molecule has 24 heavy (non-hydrogen) atoms. The predicted octanol–water partition coefficient (Wildman–Crippen LogP) is 5.47. The van der Waals surface area contributed by atoms with Gasteiger partial charge in [0.25, 0.3) is 0 Å². The highest BCUT2D eigenvalue weighted by atomic mass is 16.5. The lowest BCUT2D eigenvalue weighted by atomic mass is 10.1. The van der Waals surface area contributed by atoms with E-state index in [0.717, 1.165) is 19.3 Å². The molecule has 3 nitrogen and oxygen atoms in total. The van der Waals surface area contributed by atoms with Gasteiger partial charge in [-0.25, -0.2) is 0 Å². The van der Waals surface area contributed by atoms with E-state index in [2.05, 4.69) is 45.9 Å². The summed E-state index contributed by atoms with van der Waals surface area (Å²) in [6.45, 7) is 13.2. The van der Waals surface area contributed by atoms with Crippen LogP contribution in [0.5, 0.6) is 0 Å². The lowest BCUT2D eigenvalue weighted by molar-refractivity contribution is -0.00287. The van der Waals surface area contributed by atoms with E-state index in [1.807, 2.05) is 6.92 Å². The fourth-order valence-corrected chi connectivity index (χ4v) is 2.06. The largest absolute Gasteiger partial charge is 0.379 e. The van der Waals surface area contributed by atoms with Crippen molar-refractivity contribution in [2.75, 3.05) is 33.5 Å². The molecule has 0 aromatic heterocycles. The van der Waals surface area contributed by atoms with Crippen LogP contribution in [0.2, 0.25) is 0 Å². The first-order chi connectivity index (χ1) is 11.5. The number of ether oxygens (including phenoxy) is 3. The zero-order valence-corrected chi connectivity index (χ0v) is 16.7. The van der Waals surface area contributed by atoms with Crippen LogP contribution in [0.4, 0.5) is 0 Å². The van der Waals surface area contributed by atoms with Crippen LogP contribution in [0.15, 0.2) is 34.9 Å². The highest BCUT2D eigenvalue weighted by Crippen LogP contribution is 2.11. The molecule has 3 heteroatoms. The van der Waals surface area contributed by atoms with E-state index < -0.39 is 0 Å². The topological polar surface area (TPSA) is 27.7 Å². The monoisotopic (exact) mass is 338 g/mol. The second-order valence-corrected chi connectivity index (χ2v) is 6.66. The van der Waals surface area contributed by atoms with Crippen LogP contribution in [-0.2, 0) is 14.2 Å². The molecule has 0 aliphatic rings. The molecular formula is C21H38O3. The van der Waals surface area contributed by atoms with E-state index >= 15 is 0 Å². The van der Waals surface area contributed by atoms with Gasteiger partial charge in [0, 0.05) is 7.11 Å². The van der Waals surface area contributed by atoms with E-state index in [0.29, 0.717) is 26.4 Å². The standard InChI is InChI=1S/C21H38O3/c1-18(2)9-7-10-19(3)11-8-12-20(4)13-14-23-15-16-24-17-21(5)22-6/h9,11,13,21H,7-8,10,12,14-17H2,1-6H3/b19-11+,20-13+. The van der Waals surface area contributed by atoms with Crippen molar-refractivity contribution in [3.63, 3.8) is 0 Å². The van der Waals surface area contributed by atoms with E-state index in [1.165, 1.54) is 23.1 Å². The molecule has 0 aliphatic heterocycles. The third-order valence-corrected chi connectivity index (χ3v) is 3.80. The van der Waals surface area contributed by atoms with Gasteiger partial charge in [-0.2, -0.15) is 0 Å². The minimum absolute atomic E-state index is 0.144. The zero-order valence-electron chi connectivity index (χ0n) is 16.7. The maximum Gasteiger partial charge on any atom is 0.0776 e. The summed E-state index contributed by atoms with van der Waals surface area (Å²) in [7, 11) is 1.69. The molecule has 0 rings (SSSR count). The van der Waals surface area contributed by atoms with Gasteiger partial charge in [-0.1, -0.05) is 34.9 Å². The van der Waals surface area contributed by atoms with E-state index in [-0.39, 0.29) is 6.10 Å². The normalized spacial score (nSPS) is 13.9.